The molecule has 0 radical (unpaired) electrons. The molecular weight excluding hydrogens is 272 g/mol. The number of nitrogens with one attached hydrogen (secondary N) is 1. The van der Waals surface area contributed by atoms with Gasteiger partial charge in [-0.05, 0) is 31.7 Å². The normalized spacial score (nSPS) is 12.5. The van der Waals surface area contributed by atoms with Crippen molar-refractivity contribution in [3.63, 3.8) is 0 Å². The van der Waals surface area contributed by atoms with E-state index in [1.165, 1.54) is 5.56 Å². The molecule has 112 valence electrons. The zero-order valence-corrected chi connectivity index (χ0v) is 12.9. The van der Waals surface area contributed by atoms with Gasteiger partial charge in [-0.25, -0.2) is 0 Å². The number of nitrogens with zero attached hydrogens (tertiary/aromatic N) is 3. The summed E-state index contributed by atoms with van der Waals surface area (Å²) in [6.07, 6.45) is 3.72. The third kappa shape index (κ3) is 3.23. The number of hydrogen-bond donors (Lipinski definition) is 1. The molecule has 0 saturated carbocycles. The van der Waals surface area contributed by atoms with Gasteiger partial charge in [-0.2, -0.15) is 5.10 Å². The molecule has 2 aromatic heterocycles. The first-order valence-electron chi connectivity index (χ1n) is 7.44. The highest BCUT2D eigenvalue weighted by Gasteiger charge is 2.13. The van der Waals surface area contributed by atoms with E-state index in [4.69, 9.17) is 0 Å². The van der Waals surface area contributed by atoms with Gasteiger partial charge in [-0.1, -0.05) is 36.4 Å². The maximum absolute atomic E-state index is 4.41. The zero-order valence-electron chi connectivity index (χ0n) is 12.9. The van der Waals surface area contributed by atoms with Crippen molar-refractivity contribution in [3.8, 4) is 11.3 Å². The minimum atomic E-state index is 0.303. The van der Waals surface area contributed by atoms with Crippen LogP contribution in [-0.2, 0) is 6.54 Å². The quantitative estimate of drug-likeness (QED) is 0.780. The molecule has 0 fully saturated rings. The van der Waals surface area contributed by atoms with Gasteiger partial charge in [0.2, 0.25) is 0 Å². The van der Waals surface area contributed by atoms with Gasteiger partial charge < -0.3 is 0 Å². The summed E-state index contributed by atoms with van der Waals surface area (Å²) in [5.74, 6) is 0. The van der Waals surface area contributed by atoms with Crippen LogP contribution < -0.4 is 0 Å². The minimum absolute atomic E-state index is 0.303. The molecule has 1 atom stereocenters. The van der Waals surface area contributed by atoms with Gasteiger partial charge >= 0.3 is 0 Å². The van der Waals surface area contributed by atoms with Crippen molar-refractivity contribution in [3.05, 3.63) is 72.2 Å². The van der Waals surface area contributed by atoms with Crippen LogP contribution in [0.1, 0.15) is 24.2 Å². The summed E-state index contributed by atoms with van der Waals surface area (Å²) in [5.41, 5.74) is 4.44. The Morgan fingerprint density at radius 3 is 2.68 bits per heavy atom. The lowest BCUT2D eigenvalue weighted by Gasteiger charge is -2.24. The maximum atomic E-state index is 4.41. The molecule has 3 aromatic rings. The van der Waals surface area contributed by atoms with E-state index in [2.05, 4.69) is 58.3 Å². The Bertz CT molecular complexity index is 706. The van der Waals surface area contributed by atoms with Crippen molar-refractivity contribution in [2.45, 2.75) is 19.5 Å². The first-order valence-corrected chi connectivity index (χ1v) is 7.44. The molecule has 0 aliphatic heterocycles. The van der Waals surface area contributed by atoms with Crippen molar-refractivity contribution in [2.75, 3.05) is 7.05 Å². The molecule has 22 heavy (non-hydrogen) atoms. The molecule has 4 nitrogen and oxygen atoms in total. The molecule has 0 aliphatic carbocycles. The molecule has 2 heterocycles. The van der Waals surface area contributed by atoms with Gasteiger partial charge in [-0.3, -0.25) is 15.0 Å². The Morgan fingerprint density at radius 1 is 1.14 bits per heavy atom. The number of aromatic amines is 1. The van der Waals surface area contributed by atoms with Crippen LogP contribution in [0.2, 0.25) is 0 Å². The zero-order chi connectivity index (χ0) is 15.4. The summed E-state index contributed by atoms with van der Waals surface area (Å²) in [6.45, 7) is 3.00. The fourth-order valence-corrected chi connectivity index (χ4v) is 2.48. The number of rotatable bonds is 5. The molecular formula is C18H20N4. The van der Waals surface area contributed by atoms with Crippen LogP contribution in [0.25, 0.3) is 11.3 Å². The second-order valence-electron chi connectivity index (χ2n) is 5.52. The minimum Gasteiger partial charge on any atom is -0.294 e. The highest BCUT2D eigenvalue weighted by Crippen LogP contribution is 2.21. The lowest BCUT2D eigenvalue weighted by Crippen LogP contribution is -2.22. The van der Waals surface area contributed by atoms with E-state index in [1.807, 2.05) is 30.5 Å². The van der Waals surface area contributed by atoms with E-state index >= 15 is 0 Å². The second kappa shape index (κ2) is 6.54. The Labute approximate surface area is 130 Å². The largest absolute Gasteiger partial charge is 0.294 e. The van der Waals surface area contributed by atoms with Gasteiger partial charge in [0, 0.05) is 36.2 Å². The summed E-state index contributed by atoms with van der Waals surface area (Å²) in [6, 6.07) is 16.7. The van der Waals surface area contributed by atoms with Crippen LogP contribution in [-0.4, -0.2) is 27.1 Å². The predicted molar refractivity (Wildman–Crippen MR) is 88.1 cm³/mol. The fourth-order valence-electron chi connectivity index (χ4n) is 2.48. The standard InChI is InChI=1S/C18H20N4/c1-14(16-9-6-10-19-12-16)22(2)13-17-11-18(21-20-17)15-7-4-3-5-8-15/h3-12,14H,13H2,1-2H3,(H,20,21). The SMILES string of the molecule is CC(c1cccnc1)N(C)Cc1cc(-c2ccccc2)n[nH]1. The number of aromatic nitrogens is 3. The Hall–Kier alpha value is -2.46. The van der Waals surface area contributed by atoms with E-state index in [0.29, 0.717) is 6.04 Å². The summed E-state index contributed by atoms with van der Waals surface area (Å²) >= 11 is 0. The number of pyridine rings is 1. The molecule has 1 N–H and O–H groups in total. The van der Waals surface area contributed by atoms with Gasteiger partial charge in [0.15, 0.2) is 0 Å². The van der Waals surface area contributed by atoms with Crippen molar-refractivity contribution in [1.29, 1.82) is 0 Å². The molecule has 0 saturated heterocycles. The number of benzene rings is 1. The van der Waals surface area contributed by atoms with Crippen molar-refractivity contribution in [1.82, 2.24) is 20.1 Å². The highest BCUT2D eigenvalue weighted by atomic mass is 15.2. The van der Waals surface area contributed by atoms with Gasteiger partial charge in [0.1, 0.15) is 0 Å². The highest BCUT2D eigenvalue weighted by molar-refractivity contribution is 5.58. The van der Waals surface area contributed by atoms with Crippen LogP contribution in [0.15, 0.2) is 60.9 Å². The fraction of sp³-hybridized carbons (Fsp3) is 0.222. The summed E-state index contributed by atoms with van der Waals surface area (Å²) in [5, 5.41) is 7.54. The maximum Gasteiger partial charge on any atom is 0.0924 e. The average Bonchev–Trinajstić information content (AvgIpc) is 3.04. The van der Waals surface area contributed by atoms with E-state index in [-0.39, 0.29) is 0 Å². The molecule has 0 amide bonds. The number of hydrogen-bond acceptors (Lipinski definition) is 3. The van der Waals surface area contributed by atoms with Gasteiger partial charge in [0.05, 0.1) is 5.69 Å². The third-order valence-electron chi connectivity index (χ3n) is 3.95. The van der Waals surface area contributed by atoms with Crippen LogP contribution in [0.4, 0.5) is 0 Å². The first kappa shape index (κ1) is 14.5. The van der Waals surface area contributed by atoms with Crippen LogP contribution in [0, 0.1) is 0 Å². The van der Waals surface area contributed by atoms with Crippen LogP contribution in [0.5, 0.6) is 0 Å². The molecule has 0 spiro atoms. The molecule has 0 bridgehead atoms. The van der Waals surface area contributed by atoms with Crippen molar-refractivity contribution in [2.24, 2.45) is 0 Å². The molecule has 3 rings (SSSR count). The summed E-state index contributed by atoms with van der Waals surface area (Å²) in [4.78, 5) is 6.47. The molecule has 1 aromatic carbocycles. The van der Waals surface area contributed by atoms with E-state index in [1.54, 1.807) is 6.20 Å². The van der Waals surface area contributed by atoms with Gasteiger partial charge in [-0.15, -0.1) is 0 Å². The Balaban J connectivity index is 1.70. The monoisotopic (exact) mass is 292 g/mol. The molecule has 1 unspecified atom stereocenters. The van der Waals surface area contributed by atoms with E-state index in [0.717, 1.165) is 23.5 Å². The molecule has 0 aliphatic rings. The molecule has 4 heteroatoms. The smallest absolute Gasteiger partial charge is 0.0924 e. The summed E-state index contributed by atoms with van der Waals surface area (Å²) in [7, 11) is 2.11. The number of H-pyrrole nitrogens is 1. The van der Waals surface area contributed by atoms with E-state index < -0.39 is 0 Å². The average molecular weight is 292 g/mol. The van der Waals surface area contributed by atoms with Crippen LogP contribution in [0.3, 0.4) is 0 Å². The Morgan fingerprint density at radius 2 is 1.95 bits per heavy atom. The third-order valence-corrected chi connectivity index (χ3v) is 3.95. The van der Waals surface area contributed by atoms with Crippen LogP contribution >= 0.6 is 0 Å². The predicted octanol–water partition coefficient (Wildman–Crippen LogP) is 3.66. The van der Waals surface area contributed by atoms with Crippen molar-refractivity contribution >= 4 is 0 Å². The van der Waals surface area contributed by atoms with E-state index in [9.17, 15) is 0 Å². The lowest BCUT2D eigenvalue weighted by atomic mass is 10.1. The first-order chi connectivity index (χ1) is 10.7. The summed E-state index contributed by atoms with van der Waals surface area (Å²) < 4.78 is 0. The lowest BCUT2D eigenvalue weighted by molar-refractivity contribution is 0.249. The van der Waals surface area contributed by atoms with Crippen molar-refractivity contribution < 1.29 is 0 Å². The topological polar surface area (TPSA) is 44.8 Å². The van der Waals surface area contributed by atoms with Gasteiger partial charge in [0.25, 0.3) is 0 Å². The second-order valence-corrected chi connectivity index (χ2v) is 5.52. The Kier molecular flexibility index (Phi) is 4.30.